The van der Waals surface area contributed by atoms with Crippen LogP contribution in [0.25, 0.3) is 6.08 Å². The molecule has 0 aromatic heterocycles. The zero-order valence-electron chi connectivity index (χ0n) is 14.5. The van der Waals surface area contributed by atoms with Crippen molar-refractivity contribution >= 4 is 23.2 Å². The van der Waals surface area contributed by atoms with Crippen molar-refractivity contribution in [2.24, 2.45) is 0 Å². The first kappa shape index (κ1) is 18.0. The summed E-state index contributed by atoms with van der Waals surface area (Å²) in [5, 5.41) is 0. The number of rotatable bonds is 7. The number of hydrogen-bond acceptors (Lipinski definition) is 4. The standard InChI is InChI=1S/C20H22O3S/c1-5-14-6-8-15(9-7-14)20(24)11-10-17-18(22-3)12-16(21-2)13-19(17)23-4/h6-13H,5H2,1-4H3. The minimum atomic E-state index is 0.673. The van der Waals surface area contributed by atoms with Crippen molar-refractivity contribution in [3.8, 4) is 17.2 Å². The van der Waals surface area contributed by atoms with E-state index in [0.29, 0.717) is 17.2 Å². The number of thiocarbonyl (C=S) groups is 1. The monoisotopic (exact) mass is 342 g/mol. The molecule has 0 aliphatic carbocycles. The predicted molar refractivity (Wildman–Crippen MR) is 103 cm³/mol. The number of benzene rings is 2. The van der Waals surface area contributed by atoms with E-state index < -0.39 is 0 Å². The molecule has 24 heavy (non-hydrogen) atoms. The lowest BCUT2D eigenvalue weighted by atomic mass is 10.1. The SMILES string of the molecule is CCc1ccc(C(=S)C=Cc2c(OC)cc(OC)cc2OC)cc1. The highest BCUT2D eigenvalue weighted by molar-refractivity contribution is 7.81. The van der Waals surface area contributed by atoms with Crippen LogP contribution in [0.5, 0.6) is 17.2 Å². The maximum atomic E-state index is 5.51. The molecule has 0 saturated heterocycles. The van der Waals surface area contributed by atoms with Crippen LogP contribution in [0.2, 0.25) is 0 Å². The highest BCUT2D eigenvalue weighted by Gasteiger charge is 2.11. The fourth-order valence-corrected chi connectivity index (χ4v) is 2.56. The molecular weight excluding hydrogens is 320 g/mol. The molecule has 4 heteroatoms. The predicted octanol–water partition coefficient (Wildman–Crippen LogP) is 4.71. The van der Waals surface area contributed by atoms with Gasteiger partial charge in [0.25, 0.3) is 0 Å². The molecule has 0 radical (unpaired) electrons. The molecule has 0 heterocycles. The third-order valence-corrected chi connectivity index (χ3v) is 4.17. The van der Waals surface area contributed by atoms with Crippen LogP contribution < -0.4 is 14.2 Å². The van der Waals surface area contributed by atoms with E-state index in [4.69, 9.17) is 26.4 Å². The summed E-state index contributed by atoms with van der Waals surface area (Å²) in [6.07, 6.45) is 4.82. The van der Waals surface area contributed by atoms with Crippen molar-refractivity contribution < 1.29 is 14.2 Å². The number of allylic oxidation sites excluding steroid dienone is 1. The third kappa shape index (κ3) is 4.15. The molecule has 0 aliphatic heterocycles. The highest BCUT2D eigenvalue weighted by atomic mass is 32.1. The van der Waals surface area contributed by atoms with E-state index in [1.165, 1.54) is 5.56 Å². The van der Waals surface area contributed by atoms with Crippen molar-refractivity contribution in [2.75, 3.05) is 21.3 Å². The third-order valence-electron chi connectivity index (χ3n) is 3.80. The number of aryl methyl sites for hydroxylation is 1. The summed E-state index contributed by atoms with van der Waals surface area (Å²) in [4.78, 5) is 0.762. The molecule has 2 aromatic rings. The second kappa shape index (κ2) is 8.50. The Kier molecular flexibility index (Phi) is 6.38. The maximum Gasteiger partial charge on any atom is 0.133 e. The lowest BCUT2D eigenvalue weighted by molar-refractivity contribution is 0.374. The van der Waals surface area contributed by atoms with Gasteiger partial charge in [-0.3, -0.25) is 0 Å². The minimum Gasteiger partial charge on any atom is -0.496 e. The molecule has 3 nitrogen and oxygen atoms in total. The Morgan fingerprint density at radius 2 is 1.54 bits per heavy atom. The summed E-state index contributed by atoms with van der Waals surface area (Å²) in [6, 6.07) is 11.9. The van der Waals surface area contributed by atoms with Gasteiger partial charge < -0.3 is 14.2 Å². The molecule has 0 bridgehead atoms. The molecule has 0 saturated carbocycles. The summed E-state index contributed by atoms with van der Waals surface area (Å²) < 4.78 is 16.1. The minimum absolute atomic E-state index is 0.673. The molecule has 0 N–H and O–H groups in total. The Labute approximate surface area is 148 Å². The van der Waals surface area contributed by atoms with Crippen LogP contribution in [0.4, 0.5) is 0 Å². The Morgan fingerprint density at radius 1 is 0.958 bits per heavy atom. The van der Waals surface area contributed by atoms with Crippen LogP contribution in [0.1, 0.15) is 23.6 Å². The molecule has 0 unspecified atom stereocenters. The van der Waals surface area contributed by atoms with E-state index >= 15 is 0 Å². The van der Waals surface area contributed by atoms with Gasteiger partial charge in [0.1, 0.15) is 17.2 Å². The van der Waals surface area contributed by atoms with E-state index in [2.05, 4.69) is 19.1 Å². The lowest BCUT2D eigenvalue weighted by Gasteiger charge is -2.12. The van der Waals surface area contributed by atoms with Crippen LogP contribution >= 0.6 is 12.2 Å². The second-order valence-corrected chi connectivity index (χ2v) is 5.63. The number of methoxy groups -OCH3 is 3. The van der Waals surface area contributed by atoms with Crippen LogP contribution in [0.15, 0.2) is 42.5 Å². The van der Waals surface area contributed by atoms with Crippen molar-refractivity contribution in [3.63, 3.8) is 0 Å². The Balaban J connectivity index is 2.31. The normalized spacial score (nSPS) is 10.7. The molecule has 0 aliphatic rings. The molecule has 0 fully saturated rings. The highest BCUT2D eigenvalue weighted by Crippen LogP contribution is 2.35. The van der Waals surface area contributed by atoms with Crippen molar-refractivity contribution in [2.45, 2.75) is 13.3 Å². The zero-order chi connectivity index (χ0) is 17.5. The molecule has 2 rings (SSSR count). The largest absolute Gasteiger partial charge is 0.496 e. The number of ether oxygens (including phenoxy) is 3. The Bertz CT molecular complexity index is 708. The van der Waals surface area contributed by atoms with E-state index in [-0.39, 0.29) is 0 Å². The summed E-state index contributed by atoms with van der Waals surface area (Å²) in [6.45, 7) is 2.13. The smallest absolute Gasteiger partial charge is 0.133 e. The molecular formula is C20H22O3S. The molecule has 0 spiro atoms. The van der Waals surface area contributed by atoms with Gasteiger partial charge in [-0.15, -0.1) is 0 Å². The summed E-state index contributed by atoms with van der Waals surface area (Å²) in [7, 11) is 4.85. The quantitative estimate of drug-likeness (QED) is 0.414. The van der Waals surface area contributed by atoms with Gasteiger partial charge in [0.15, 0.2) is 0 Å². The van der Waals surface area contributed by atoms with Crippen LogP contribution in [0, 0.1) is 0 Å². The first-order chi connectivity index (χ1) is 11.6. The number of hydrogen-bond donors (Lipinski definition) is 0. The summed E-state index contributed by atoms with van der Waals surface area (Å²) >= 11 is 5.51. The van der Waals surface area contributed by atoms with Crippen LogP contribution in [-0.2, 0) is 6.42 Å². The van der Waals surface area contributed by atoms with Gasteiger partial charge in [-0.25, -0.2) is 0 Å². The van der Waals surface area contributed by atoms with Crippen LogP contribution in [0.3, 0.4) is 0 Å². The van der Waals surface area contributed by atoms with Gasteiger partial charge in [-0.2, -0.15) is 0 Å². The second-order valence-electron chi connectivity index (χ2n) is 5.19. The van der Waals surface area contributed by atoms with E-state index in [0.717, 1.165) is 22.4 Å². The van der Waals surface area contributed by atoms with Gasteiger partial charge >= 0.3 is 0 Å². The van der Waals surface area contributed by atoms with E-state index in [1.807, 2.05) is 36.4 Å². The van der Waals surface area contributed by atoms with Crippen molar-refractivity contribution in [3.05, 3.63) is 59.2 Å². The molecule has 126 valence electrons. The molecule has 2 aromatic carbocycles. The lowest BCUT2D eigenvalue weighted by Crippen LogP contribution is -1.96. The average molecular weight is 342 g/mol. The van der Waals surface area contributed by atoms with Gasteiger partial charge in [0.05, 0.1) is 26.9 Å². The fourth-order valence-electron chi connectivity index (χ4n) is 2.36. The van der Waals surface area contributed by atoms with Gasteiger partial charge in [-0.05, 0) is 29.7 Å². The van der Waals surface area contributed by atoms with Crippen LogP contribution in [-0.4, -0.2) is 26.2 Å². The molecule has 0 amide bonds. The van der Waals surface area contributed by atoms with Crippen molar-refractivity contribution in [1.29, 1.82) is 0 Å². The Morgan fingerprint density at radius 3 is 2.00 bits per heavy atom. The summed E-state index contributed by atoms with van der Waals surface area (Å²) in [5.41, 5.74) is 3.14. The summed E-state index contributed by atoms with van der Waals surface area (Å²) in [5.74, 6) is 2.02. The molecule has 0 atom stereocenters. The zero-order valence-corrected chi connectivity index (χ0v) is 15.3. The topological polar surface area (TPSA) is 27.7 Å². The van der Waals surface area contributed by atoms with E-state index in [1.54, 1.807) is 21.3 Å². The first-order valence-corrected chi connectivity index (χ1v) is 8.15. The fraction of sp³-hybridized carbons (Fsp3) is 0.250. The van der Waals surface area contributed by atoms with E-state index in [9.17, 15) is 0 Å². The Hall–Kier alpha value is -2.33. The van der Waals surface area contributed by atoms with Gasteiger partial charge in [0.2, 0.25) is 0 Å². The maximum absolute atomic E-state index is 5.51. The van der Waals surface area contributed by atoms with Gasteiger partial charge in [0, 0.05) is 17.0 Å². The van der Waals surface area contributed by atoms with Crippen molar-refractivity contribution in [1.82, 2.24) is 0 Å². The first-order valence-electron chi connectivity index (χ1n) is 7.74. The average Bonchev–Trinajstić information content (AvgIpc) is 2.65. The van der Waals surface area contributed by atoms with Gasteiger partial charge in [-0.1, -0.05) is 43.4 Å².